The standard InChI is InChI=1S/C11H13NO2/c1-11(2)7-5-3-4-6-8(7)12-9(11)10(13)14/h3-6,9,12H,1-2H3,(H,13,14)/t9-/m1/s1. The number of carboxylic acid groups (broad SMARTS) is 1. The van der Waals surface area contributed by atoms with Crippen LogP contribution in [0.4, 0.5) is 5.69 Å². The summed E-state index contributed by atoms with van der Waals surface area (Å²) in [7, 11) is 0. The molecule has 2 N–H and O–H groups in total. The number of para-hydroxylation sites is 1. The molecule has 3 nitrogen and oxygen atoms in total. The quantitative estimate of drug-likeness (QED) is 0.712. The molecule has 0 aromatic heterocycles. The van der Waals surface area contributed by atoms with E-state index in [0.717, 1.165) is 11.3 Å². The van der Waals surface area contributed by atoms with Crippen molar-refractivity contribution in [2.45, 2.75) is 25.3 Å². The van der Waals surface area contributed by atoms with Gasteiger partial charge in [0, 0.05) is 11.1 Å². The Morgan fingerprint density at radius 2 is 2.07 bits per heavy atom. The van der Waals surface area contributed by atoms with Gasteiger partial charge in [-0.2, -0.15) is 0 Å². The normalized spacial score (nSPS) is 22.6. The van der Waals surface area contributed by atoms with Crippen LogP contribution in [0.15, 0.2) is 24.3 Å². The van der Waals surface area contributed by atoms with Crippen LogP contribution in [0.2, 0.25) is 0 Å². The van der Waals surface area contributed by atoms with E-state index in [2.05, 4.69) is 5.32 Å². The molecule has 14 heavy (non-hydrogen) atoms. The first-order chi connectivity index (χ1) is 6.53. The van der Waals surface area contributed by atoms with Gasteiger partial charge in [0.2, 0.25) is 0 Å². The lowest BCUT2D eigenvalue weighted by Crippen LogP contribution is -2.40. The van der Waals surface area contributed by atoms with Crippen LogP contribution in [-0.2, 0) is 10.2 Å². The lowest BCUT2D eigenvalue weighted by molar-refractivity contribution is -0.139. The first-order valence-corrected chi connectivity index (χ1v) is 4.62. The zero-order chi connectivity index (χ0) is 10.3. The van der Waals surface area contributed by atoms with Gasteiger partial charge in [-0.15, -0.1) is 0 Å². The fourth-order valence-electron chi connectivity index (χ4n) is 2.03. The van der Waals surface area contributed by atoms with Crippen molar-refractivity contribution in [3.63, 3.8) is 0 Å². The topological polar surface area (TPSA) is 49.3 Å². The van der Waals surface area contributed by atoms with E-state index in [1.807, 2.05) is 38.1 Å². The van der Waals surface area contributed by atoms with Crippen LogP contribution in [0.25, 0.3) is 0 Å². The molecule has 0 unspecified atom stereocenters. The van der Waals surface area contributed by atoms with Crippen LogP contribution in [0.3, 0.4) is 0 Å². The fraction of sp³-hybridized carbons (Fsp3) is 0.364. The Morgan fingerprint density at radius 1 is 1.43 bits per heavy atom. The third-order valence-electron chi connectivity index (χ3n) is 2.89. The van der Waals surface area contributed by atoms with Crippen molar-refractivity contribution >= 4 is 11.7 Å². The molecule has 0 bridgehead atoms. The van der Waals surface area contributed by atoms with Crippen molar-refractivity contribution in [2.75, 3.05) is 5.32 Å². The summed E-state index contributed by atoms with van der Waals surface area (Å²) in [5.41, 5.74) is 1.67. The summed E-state index contributed by atoms with van der Waals surface area (Å²) >= 11 is 0. The molecule has 1 aliphatic heterocycles. The van der Waals surface area contributed by atoms with Gasteiger partial charge < -0.3 is 10.4 Å². The van der Waals surface area contributed by atoms with Crippen molar-refractivity contribution in [2.24, 2.45) is 0 Å². The van der Waals surface area contributed by atoms with Crippen LogP contribution in [0, 0.1) is 0 Å². The second kappa shape index (κ2) is 2.74. The lowest BCUT2D eigenvalue weighted by atomic mass is 9.81. The van der Waals surface area contributed by atoms with Gasteiger partial charge in [0.25, 0.3) is 0 Å². The van der Waals surface area contributed by atoms with E-state index in [9.17, 15) is 4.79 Å². The highest BCUT2D eigenvalue weighted by atomic mass is 16.4. The number of fused-ring (bicyclic) bond motifs is 1. The number of aliphatic carboxylic acids is 1. The smallest absolute Gasteiger partial charge is 0.327 e. The predicted octanol–water partition coefficient (Wildman–Crippen LogP) is 1.84. The minimum absolute atomic E-state index is 0.345. The molecule has 1 aromatic carbocycles. The van der Waals surface area contributed by atoms with Crippen LogP contribution >= 0.6 is 0 Å². The second-order valence-corrected chi connectivity index (χ2v) is 4.18. The molecule has 1 atom stereocenters. The average molecular weight is 191 g/mol. The largest absolute Gasteiger partial charge is 0.480 e. The van der Waals surface area contributed by atoms with E-state index in [1.54, 1.807) is 0 Å². The van der Waals surface area contributed by atoms with E-state index >= 15 is 0 Å². The molecule has 0 radical (unpaired) electrons. The number of carboxylic acids is 1. The molecule has 0 spiro atoms. The van der Waals surface area contributed by atoms with E-state index in [0.29, 0.717) is 0 Å². The molecule has 0 saturated carbocycles. The zero-order valence-electron chi connectivity index (χ0n) is 8.24. The fourth-order valence-corrected chi connectivity index (χ4v) is 2.03. The maximum Gasteiger partial charge on any atom is 0.327 e. The molecule has 0 aliphatic carbocycles. The Morgan fingerprint density at radius 3 is 2.64 bits per heavy atom. The first-order valence-electron chi connectivity index (χ1n) is 4.62. The molecule has 74 valence electrons. The van der Waals surface area contributed by atoms with E-state index in [1.165, 1.54) is 0 Å². The maximum absolute atomic E-state index is 11.0. The molecule has 0 saturated heterocycles. The Kier molecular flexibility index (Phi) is 1.77. The summed E-state index contributed by atoms with van der Waals surface area (Å²) in [6.45, 7) is 3.90. The first kappa shape index (κ1) is 9.06. The minimum Gasteiger partial charge on any atom is -0.480 e. The summed E-state index contributed by atoms with van der Waals surface area (Å²) < 4.78 is 0. The summed E-state index contributed by atoms with van der Waals surface area (Å²) in [5, 5.41) is 12.1. The van der Waals surface area contributed by atoms with Crippen molar-refractivity contribution in [3.8, 4) is 0 Å². The zero-order valence-corrected chi connectivity index (χ0v) is 8.24. The lowest BCUT2D eigenvalue weighted by Gasteiger charge is -2.23. The molecule has 3 heteroatoms. The molecule has 0 fully saturated rings. The number of rotatable bonds is 1. The molecule has 1 aromatic rings. The van der Waals surface area contributed by atoms with Crippen molar-refractivity contribution in [1.82, 2.24) is 0 Å². The number of hydrogen-bond donors (Lipinski definition) is 2. The Hall–Kier alpha value is -1.51. The van der Waals surface area contributed by atoms with Gasteiger partial charge in [-0.05, 0) is 11.6 Å². The van der Waals surface area contributed by atoms with Gasteiger partial charge in [0.05, 0.1) is 0 Å². The summed E-state index contributed by atoms with van der Waals surface area (Å²) in [5.74, 6) is -0.800. The van der Waals surface area contributed by atoms with Crippen molar-refractivity contribution in [3.05, 3.63) is 29.8 Å². The highest BCUT2D eigenvalue weighted by Gasteiger charge is 2.43. The molecule has 2 rings (SSSR count). The third-order valence-corrected chi connectivity index (χ3v) is 2.89. The average Bonchev–Trinajstić information content (AvgIpc) is 2.39. The SMILES string of the molecule is CC1(C)c2ccccc2N[C@@H]1C(=O)O. The van der Waals surface area contributed by atoms with E-state index in [4.69, 9.17) is 5.11 Å². The number of carbonyl (C=O) groups is 1. The molecule has 1 aliphatic rings. The minimum atomic E-state index is -0.800. The molecular weight excluding hydrogens is 178 g/mol. The highest BCUT2D eigenvalue weighted by Crippen LogP contribution is 2.40. The molecule has 1 heterocycles. The molecule has 0 amide bonds. The number of benzene rings is 1. The third kappa shape index (κ3) is 1.09. The van der Waals surface area contributed by atoms with Gasteiger partial charge in [0.15, 0.2) is 0 Å². The second-order valence-electron chi connectivity index (χ2n) is 4.18. The van der Waals surface area contributed by atoms with Crippen LogP contribution < -0.4 is 5.32 Å². The summed E-state index contributed by atoms with van der Waals surface area (Å²) in [6, 6.07) is 7.21. The van der Waals surface area contributed by atoms with Crippen LogP contribution in [0.1, 0.15) is 19.4 Å². The van der Waals surface area contributed by atoms with E-state index in [-0.39, 0.29) is 5.41 Å². The van der Waals surface area contributed by atoms with Crippen LogP contribution in [-0.4, -0.2) is 17.1 Å². The Labute approximate surface area is 82.8 Å². The van der Waals surface area contributed by atoms with Gasteiger partial charge in [0.1, 0.15) is 6.04 Å². The van der Waals surface area contributed by atoms with Gasteiger partial charge in [-0.25, -0.2) is 4.79 Å². The highest BCUT2D eigenvalue weighted by molar-refractivity contribution is 5.84. The van der Waals surface area contributed by atoms with Crippen molar-refractivity contribution in [1.29, 1.82) is 0 Å². The van der Waals surface area contributed by atoms with E-state index < -0.39 is 12.0 Å². The Bertz CT molecular complexity index is 385. The number of anilines is 1. The number of hydrogen-bond acceptors (Lipinski definition) is 2. The van der Waals surface area contributed by atoms with Crippen LogP contribution in [0.5, 0.6) is 0 Å². The Balaban J connectivity index is 2.50. The summed E-state index contributed by atoms with van der Waals surface area (Å²) in [6.07, 6.45) is 0. The molecular formula is C11H13NO2. The van der Waals surface area contributed by atoms with Gasteiger partial charge >= 0.3 is 5.97 Å². The predicted molar refractivity (Wildman–Crippen MR) is 54.5 cm³/mol. The summed E-state index contributed by atoms with van der Waals surface area (Å²) in [4.78, 5) is 11.0. The monoisotopic (exact) mass is 191 g/mol. The van der Waals surface area contributed by atoms with Gasteiger partial charge in [-0.3, -0.25) is 0 Å². The number of nitrogens with one attached hydrogen (secondary N) is 1. The van der Waals surface area contributed by atoms with Crippen molar-refractivity contribution < 1.29 is 9.90 Å². The maximum atomic E-state index is 11.0. The van der Waals surface area contributed by atoms with Gasteiger partial charge in [-0.1, -0.05) is 32.0 Å².